The normalized spacial score (nSPS) is 12.6. The lowest BCUT2D eigenvalue weighted by Gasteiger charge is -2.13. The Bertz CT molecular complexity index is 325. The molecule has 15 heavy (non-hydrogen) atoms. The number of ether oxygens (including phenoxy) is 1. The summed E-state index contributed by atoms with van der Waals surface area (Å²) >= 11 is 0. The molecule has 0 aromatic heterocycles. The van der Waals surface area contributed by atoms with Crippen LogP contribution >= 0.6 is 0 Å². The summed E-state index contributed by atoms with van der Waals surface area (Å²) in [7, 11) is 1.64. The fourth-order valence-corrected chi connectivity index (χ4v) is 1.56. The molecule has 0 fully saturated rings. The summed E-state index contributed by atoms with van der Waals surface area (Å²) in [6.45, 7) is 5.81. The summed E-state index contributed by atoms with van der Waals surface area (Å²) in [5, 5.41) is 0. The first kappa shape index (κ1) is 11.8. The van der Waals surface area contributed by atoms with Crippen LogP contribution in [0.1, 0.15) is 32.3 Å². The van der Waals surface area contributed by atoms with Gasteiger partial charge in [0.2, 0.25) is 0 Å². The van der Waals surface area contributed by atoms with E-state index in [-0.39, 0.29) is 17.6 Å². The molecular weight excluding hydrogens is 188 g/mol. The van der Waals surface area contributed by atoms with Gasteiger partial charge in [-0.25, -0.2) is 0 Å². The Morgan fingerprint density at radius 1 is 1.13 bits per heavy atom. The van der Waals surface area contributed by atoms with Gasteiger partial charge in [-0.05, 0) is 17.7 Å². The maximum absolute atomic E-state index is 11.8. The van der Waals surface area contributed by atoms with Crippen molar-refractivity contribution in [2.45, 2.75) is 26.7 Å². The highest BCUT2D eigenvalue weighted by atomic mass is 16.5. The van der Waals surface area contributed by atoms with Crippen molar-refractivity contribution in [3.05, 3.63) is 29.8 Å². The first-order valence-electron chi connectivity index (χ1n) is 5.24. The van der Waals surface area contributed by atoms with Crippen molar-refractivity contribution in [1.82, 2.24) is 0 Å². The maximum atomic E-state index is 11.8. The lowest BCUT2D eigenvalue weighted by Crippen LogP contribution is -2.15. The minimum absolute atomic E-state index is 0.0316. The van der Waals surface area contributed by atoms with Crippen molar-refractivity contribution < 1.29 is 9.53 Å². The Morgan fingerprint density at radius 2 is 1.67 bits per heavy atom. The van der Waals surface area contributed by atoms with Gasteiger partial charge in [0, 0.05) is 11.8 Å². The zero-order chi connectivity index (χ0) is 11.4. The molecule has 0 bridgehead atoms. The molecule has 0 aliphatic carbocycles. The molecule has 2 heteroatoms. The minimum atomic E-state index is -0.0316. The first-order chi connectivity index (χ1) is 7.06. The van der Waals surface area contributed by atoms with E-state index in [2.05, 4.69) is 0 Å². The molecule has 1 unspecified atom stereocenters. The molecule has 0 spiro atoms. The quantitative estimate of drug-likeness (QED) is 0.757. The Balaban J connectivity index is 2.82. The van der Waals surface area contributed by atoms with Crippen molar-refractivity contribution >= 4 is 5.78 Å². The van der Waals surface area contributed by atoms with Gasteiger partial charge in [-0.15, -0.1) is 0 Å². The van der Waals surface area contributed by atoms with E-state index in [4.69, 9.17) is 4.74 Å². The number of rotatable bonds is 4. The van der Waals surface area contributed by atoms with Crippen molar-refractivity contribution in [2.24, 2.45) is 5.92 Å². The predicted molar refractivity (Wildman–Crippen MR) is 61.3 cm³/mol. The van der Waals surface area contributed by atoms with Crippen LogP contribution in [0.2, 0.25) is 0 Å². The van der Waals surface area contributed by atoms with Crippen molar-refractivity contribution in [2.75, 3.05) is 7.11 Å². The number of carbonyl (C=O) groups excluding carboxylic acids is 1. The van der Waals surface area contributed by atoms with Crippen molar-refractivity contribution in [3.8, 4) is 5.75 Å². The molecule has 0 N–H and O–H groups in total. The second kappa shape index (κ2) is 4.96. The molecule has 1 atom stereocenters. The predicted octanol–water partition coefficient (Wildman–Crippen LogP) is 3.02. The van der Waals surface area contributed by atoms with Gasteiger partial charge >= 0.3 is 0 Å². The molecular formula is C13H18O2. The Morgan fingerprint density at radius 3 is 2.07 bits per heavy atom. The highest BCUT2D eigenvalue weighted by Gasteiger charge is 2.17. The monoisotopic (exact) mass is 206 g/mol. The number of ketones is 1. The van der Waals surface area contributed by atoms with Gasteiger partial charge in [-0.2, -0.15) is 0 Å². The molecule has 1 rings (SSSR count). The lowest BCUT2D eigenvalue weighted by atomic mass is 9.90. The van der Waals surface area contributed by atoms with Crippen LogP contribution in [0.15, 0.2) is 24.3 Å². The number of hydrogen-bond acceptors (Lipinski definition) is 2. The lowest BCUT2D eigenvalue weighted by molar-refractivity contribution is -0.123. The minimum Gasteiger partial charge on any atom is -0.497 e. The van der Waals surface area contributed by atoms with Gasteiger partial charge < -0.3 is 4.74 Å². The largest absolute Gasteiger partial charge is 0.497 e. The van der Waals surface area contributed by atoms with Crippen LogP contribution in [-0.2, 0) is 4.79 Å². The van der Waals surface area contributed by atoms with E-state index in [1.807, 2.05) is 45.0 Å². The molecule has 0 heterocycles. The van der Waals surface area contributed by atoms with Crippen LogP contribution in [0, 0.1) is 5.92 Å². The smallest absolute Gasteiger partial charge is 0.142 e. The zero-order valence-electron chi connectivity index (χ0n) is 9.78. The summed E-state index contributed by atoms with van der Waals surface area (Å²) in [6, 6.07) is 7.67. The second-order valence-electron chi connectivity index (χ2n) is 4.05. The van der Waals surface area contributed by atoms with Gasteiger partial charge in [0.1, 0.15) is 11.5 Å². The van der Waals surface area contributed by atoms with Gasteiger partial charge in [-0.1, -0.05) is 32.9 Å². The number of hydrogen-bond donors (Lipinski definition) is 0. The fraction of sp³-hybridized carbons (Fsp3) is 0.462. The van der Waals surface area contributed by atoms with E-state index in [1.54, 1.807) is 7.11 Å². The molecule has 0 amide bonds. The summed E-state index contributed by atoms with van der Waals surface area (Å²) in [6.07, 6.45) is 0. The number of methoxy groups -OCH3 is 1. The number of Topliss-reactive ketones (excluding diaryl/α,β-unsaturated/α-hetero) is 1. The topological polar surface area (TPSA) is 26.3 Å². The van der Waals surface area contributed by atoms with Gasteiger partial charge in [0.05, 0.1) is 7.11 Å². The third-order valence-corrected chi connectivity index (χ3v) is 2.61. The van der Waals surface area contributed by atoms with E-state index in [0.29, 0.717) is 0 Å². The second-order valence-corrected chi connectivity index (χ2v) is 4.05. The van der Waals surface area contributed by atoms with Crippen molar-refractivity contribution in [1.29, 1.82) is 0 Å². The first-order valence-corrected chi connectivity index (χ1v) is 5.24. The Kier molecular flexibility index (Phi) is 3.89. The summed E-state index contributed by atoms with van der Waals surface area (Å²) in [4.78, 5) is 11.8. The zero-order valence-corrected chi connectivity index (χ0v) is 9.78. The molecule has 0 saturated heterocycles. The van der Waals surface area contributed by atoms with E-state index < -0.39 is 0 Å². The van der Waals surface area contributed by atoms with Crippen LogP contribution in [0.4, 0.5) is 0 Å². The molecule has 0 radical (unpaired) electrons. The highest BCUT2D eigenvalue weighted by molar-refractivity contribution is 5.86. The van der Waals surface area contributed by atoms with Crippen LogP contribution in [-0.4, -0.2) is 12.9 Å². The van der Waals surface area contributed by atoms with Gasteiger partial charge in [-0.3, -0.25) is 4.79 Å². The number of carbonyl (C=O) groups is 1. The van der Waals surface area contributed by atoms with Gasteiger partial charge in [0.15, 0.2) is 0 Å². The Hall–Kier alpha value is -1.31. The highest BCUT2D eigenvalue weighted by Crippen LogP contribution is 2.22. The average molecular weight is 206 g/mol. The van der Waals surface area contributed by atoms with Crippen LogP contribution < -0.4 is 4.74 Å². The molecule has 1 aromatic carbocycles. The summed E-state index contributed by atoms with van der Waals surface area (Å²) in [5.41, 5.74) is 1.05. The SMILES string of the molecule is COc1ccc(C(C)C(=O)C(C)C)cc1. The maximum Gasteiger partial charge on any atom is 0.142 e. The summed E-state index contributed by atoms with van der Waals surface area (Å²) in [5.74, 6) is 1.15. The van der Waals surface area contributed by atoms with E-state index in [0.717, 1.165) is 11.3 Å². The molecule has 0 aliphatic heterocycles. The Labute approximate surface area is 91.3 Å². The molecule has 0 saturated carbocycles. The van der Waals surface area contributed by atoms with Crippen LogP contribution in [0.25, 0.3) is 0 Å². The molecule has 0 aliphatic rings. The van der Waals surface area contributed by atoms with E-state index >= 15 is 0 Å². The fourth-order valence-electron chi connectivity index (χ4n) is 1.56. The van der Waals surface area contributed by atoms with Crippen LogP contribution in [0.3, 0.4) is 0 Å². The molecule has 82 valence electrons. The van der Waals surface area contributed by atoms with Crippen LogP contribution in [0.5, 0.6) is 5.75 Å². The molecule has 2 nitrogen and oxygen atoms in total. The van der Waals surface area contributed by atoms with E-state index in [1.165, 1.54) is 0 Å². The average Bonchev–Trinajstić information content (AvgIpc) is 2.27. The standard InChI is InChI=1S/C13H18O2/c1-9(2)13(14)10(3)11-5-7-12(15-4)8-6-11/h5-10H,1-4H3. The third-order valence-electron chi connectivity index (χ3n) is 2.61. The van der Waals surface area contributed by atoms with Crippen molar-refractivity contribution in [3.63, 3.8) is 0 Å². The third kappa shape index (κ3) is 2.82. The summed E-state index contributed by atoms with van der Waals surface area (Å²) < 4.78 is 5.07. The van der Waals surface area contributed by atoms with Gasteiger partial charge in [0.25, 0.3) is 0 Å². The molecule has 1 aromatic rings. The van der Waals surface area contributed by atoms with E-state index in [9.17, 15) is 4.79 Å². The number of benzene rings is 1.